The number of nitrogens with one attached hydrogen (secondary N) is 1. The van der Waals surface area contributed by atoms with E-state index in [0.29, 0.717) is 23.0 Å². The fourth-order valence-corrected chi connectivity index (χ4v) is 4.00. The smallest absolute Gasteiger partial charge is 0.254 e. The van der Waals surface area contributed by atoms with Crippen LogP contribution < -0.4 is 5.56 Å². The highest BCUT2D eigenvalue weighted by Gasteiger charge is 2.13. The van der Waals surface area contributed by atoms with Crippen LogP contribution in [0.4, 0.5) is 0 Å². The Morgan fingerprint density at radius 1 is 1.27 bits per heavy atom. The number of halogens is 1. The Bertz CT molecular complexity index is 773. The molecule has 1 aromatic carbocycles. The minimum atomic E-state index is -0.0275. The maximum Gasteiger partial charge on any atom is 0.254 e. The molecule has 3 rings (SSSR count). The molecular weight excluding hydrogens is 370 g/mol. The predicted octanol–water partition coefficient (Wildman–Crippen LogP) is 3.00. The third kappa shape index (κ3) is 5.33. The van der Waals surface area contributed by atoms with Gasteiger partial charge in [0.1, 0.15) is 0 Å². The van der Waals surface area contributed by atoms with Gasteiger partial charge in [-0.15, -0.1) is 0 Å². The zero-order valence-electron chi connectivity index (χ0n) is 15.0. The second-order valence-corrected chi connectivity index (χ2v) is 7.78. The van der Waals surface area contributed by atoms with Gasteiger partial charge in [-0.05, 0) is 24.1 Å². The Morgan fingerprint density at radius 3 is 2.69 bits per heavy atom. The molecular formula is C19H24ClN3O2S. The van der Waals surface area contributed by atoms with E-state index < -0.39 is 0 Å². The zero-order valence-corrected chi connectivity index (χ0v) is 16.5. The van der Waals surface area contributed by atoms with Crippen molar-refractivity contribution in [2.75, 3.05) is 38.6 Å². The summed E-state index contributed by atoms with van der Waals surface area (Å²) in [6, 6.07) is 7.70. The van der Waals surface area contributed by atoms with E-state index >= 15 is 0 Å². The fourth-order valence-electron chi connectivity index (χ4n) is 2.99. The van der Waals surface area contributed by atoms with Crippen molar-refractivity contribution in [3.63, 3.8) is 0 Å². The molecule has 1 fully saturated rings. The van der Waals surface area contributed by atoms with Gasteiger partial charge < -0.3 is 9.72 Å². The topological polar surface area (TPSA) is 58.2 Å². The highest BCUT2D eigenvalue weighted by atomic mass is 35.5. The molecule has 140 valence electrons. The van der Waals surface area contributed by atoms with Gasteiger partial charge in [-0.2, -0.15) is 0 Å². The van der Waals surface area contributed by atoms with Gasteiger partial charge >= 0.3 is 0 Å². The molecule has 5 nitrogen and oxygen atoms in total. The maximum absolute atomic E-state index is 12.4. The largest absolute Gasteiger partial charge is 0.379 e. The Kier molecular flexibility index (Phi) is 7.14. The summed E-state index contributed by atoms with van der Waals surface area (Å²) in [5, 5.41) is 1.41. The van der Waals surface area contributed by atoms with Crippen LogP contribution in [0, 0.1) is 0 Å². The molecule has 0 aliphatic carbocycles. The van der Waals surface area contributed by atoms with Crippen molar-refractivity contribution in [3.05, 3.63) is 56.5 Å². The van der Waals surface area contributed by atoms with E-state index in [1.807, 2.05) is 31.2 Å². The number of morpholine rings is 1. The first kappa shape index (κ1) is 19.4. The molecule has 1 saturated heterocycles. The van der Waals surface area contributed by atoms with E-state index in [0.717, 1.165) is 55.4 Å². The molecule has 0 unspecified atom stereocenters. The lowest BCUT2D eigenvalue weighted by Crippen LogP contribution is -2.37. The van der Waals surface area contributed by atoms with Gasteiger partial charge in [0.25, 0.3) is 5.56 Å². The second kappa shape index (κ2) is 9.55. The van der Waals surface area contributed by atoms with Gasteiger partial charge in [-0.3, -0.25) is 9.69 Å². The summed E-state index contributed by atoms with van der Waals surface area (Å²) < 4.78 is 5.37. The van der Waals surface area contributed by atoms with Gasteiger partial charge in [0.15, 0.2) is 5.16 Å². The zero-order chi connectivity index (χ0) is 18.4. The van der Waals surface area contributed by atoms with Crippen molar-refractivity contribution < 1.29 is 4.74 Å². The van der Waals surface area contributed by atoms with Crippen molar-refractivity contribution in [3.8, 4) is 0 Å². The minimum absolute atomic E-state index is 0.0275. The lowest BCUT2D eigenvalue weighted by atomic mass is 10.0. The number of nitrogens with zero attached hydrogens (tertiary/aromatic N) is 2. The van der Waals surface area contributed by atoms with Crippen LogP contribution in [0.25, 0.3) is 0 Å². The van der Waals surface area contributed by atoms with Crippen molar-refractivity contribution in [1.82, 2.24) is 14.9 Å². The Labute approximate surface area is 163 Å². The van der Waals surface area contributed by atoms with E-state index in [4.69, 9.17) is 21.3 Å². The first-order valence-corrected chi connectivity index (χ1v) is 10.3. The molecule has 0 bridgehead atoms. The van der Waals surface area contributed by atoms with E-state index in [2.05, 4.69) is 9.88 Å². The van der Waals surface area contributed by atoms with Crippen LogP contribution in [0.5, 0.6) is 0 Å². The molecule has 1 N–H and O–H groups in total. The van der Waals surface area contributed by atoms with Gasteiger partial charge in [0, 0.05) is 42.4 Å². The van der Waals surface area contributed by atoms with Crippen molar-refractivity contribution in [2.24, 2.45) is 0 Å². The monoisotopic (exact) mass is 393 g/mol. The number of ether oxygens (including phenoxy) is 1. The molecule has 7 heteroatoms. The lowest BCUT2D eigenvalue weighted by molar-refractivity contribution is 0.0410. The van der Waals surface area contributed by atoms with Crippen LogP contribution in [-0.2, 0) is 17.6 Å². The average Bonchev–Trinajstić information content (AvgIpc) is 2.64. The molecule has 0 spiro atoms. The van der Waals surface area contributed by atoms with Crippen molar-refractivity contribution in [2.45, 2.75) is 24.9 Å². The van der Waals surface area contributed by atoms with E-state index in [9.17, 15) is 4.79 Å². The van der Waals surface area contributed by atoms with Crippen LogP contribution >= 0.6 is 23.4 Å². The first-order valence-electron chi connectivity index (χ1n) is 8.95. The van der Waals surface area contributed by atoms with Crippen LogP contribution in [0.3, 0.4) is 0 Å². The number of benzene rings is 1. The number of hydrogen-bond acceptors (Lipinski definition) is 5. The van der Waals surface area contributed by atoms with Gasteiger partial charge in [-0.1, -0.05) is 42.4 Å². The Hall–Kier alpha value is -1.34. The number of thioether (sulfide) groups is 1. The molecule has 0 atom stereocenters. The summed E-state index contributed by atoms with van der Waals surface area (Å²) in [6.07, 6.45) is 1.31. The summed E-state index contributed by atoms with van der Waals surface area (Å²) in [6.45, 7) is 6.51. The third-order valence-corrected chi connectivity index (χ3v) is 5.57. The van der Waals surface area contributed by atoms with E-state index in [1.54, 1.807) is 11.8 Å². The Balaban J connectivity index is 1.69. The molecule has 1 aromatic heterocycles. The van der Waals surface area contributed by atoms with Crippen LogP contribution in [0.1, 0.15) is 23.7 Å². The van der Waals surface area contributed by atoms with Crippen LogP contribution in [-0.4, -0.2) is 53.5 Å². The molecule has 1 aliphatic rings. The van der Waals surface area contributed by atoms with E-state index in [-0.39, 0.29) is 5.56 Å². The number of H-pyrrole nitrogens is 1. The van der Waals surface area contributed by atoms with Crippen LogP contribution in [0.2, 0.25) is 5.02 Å². The number of aromatic amines is 1. The molecule has 0 amide bonds. The SMILES string of the molecule is CCc1c(Cc2ccc(Cl)cc2)nc(SCCN2CCOCC2)[nH]c1=O. The highest BCUT2D eigenvalue weighted by molar-refractivity contribution is 7.99. The lowest BCUT2D eigenvalue weighted by Gasteiger charge is -2.26. The molecule has 0 radical (unpaired) electrons. The van der Waals surface area contributed by atoms with Crippen LogP contribution in [0.15, 0.2) is 34.2 Å². The van der Waals surface area contributed by atoms with Crippen molar-refractivity contribution in [1.29, 1.82) is 0 Å². The normalized spacial score (nSPS) is 15.3. The molecule has 2 heterocycles. The van der Waals surface area contributed by atoms with Gasteiger partial charge in [-0.25, -0.2) is 4.98 Å². The minimum Gasteiger partial charge on any atom is -0.379 e. The third-order valence-electron chi connectivity index (χ3n) is 4.47. The molecule has 1 aliphatic heterocycles. The predicted molar refractivity (Wildman–Crippen MR) is 106 cm³/mol. The molecule has 0 saturated carbocycles. The summed E-state index contributed by atoms with van der Waals surface area (Å²) in [5.41, 5.74) is 2.69. The van der Waals surface area contributed by atoms with E-state index in [1.165, 1.54) is 0 Å². The number of aromatic nitrogens is 2. The average molecular weight is 394 g/mol. The number of hydrogen-bond donors (Lipinski definition) is 1. The quantitative estimate of drug-likeness (QED) is 0.578. The molecule has 2 aromatic rings. The van der Waals surface area contributed by atoms with Gasteiger partial charge in [0.2, 0.25) is 0 Å². The first-order chi connectivity index (χ1) is 12.7. The van der Waals surface area contributed by atoms with Crippen molar-refractivity contribution >= 4 is 23.4 Å². The van der Waals surface area contributed by atoms with Gasteiger partial charge in [0.05, 0.1) is 18.9 Å². The Morgan fingerprint density at radius 2 is 2.00 bits per heavy atom. The second-order valence-electron chi connectivity index (χ2n) is 6.26. The maximum atomic E-state index is 12.4. The highest BCUT2D eigenvalue weighted by Crippen LogP contribution is 2.18. The number of rotatable bonds is 7. The standard InChI is InChI=1S/C19H24ClN3O2S/c1-2-16-17(13-14-3-5-15(20)6-4-14)21-19(22-18(16)24)26-12-9-23-7-10-25-11-8-23/h3-6H,2,7-13H2,1H3,(H,21,22,24). The molecule has 26 heavy (non-hydrogen) atoms. The summed E-state index contributed by atoms with van der Waals surface area (Å²) in [7, 11) is 0. The summed E-state index contributed by atoms with van der Waals surface area (Å²) in [4.78, 5) is 22.5. The summed E-state index contributed by atoms with van der Waals surface area (Å²) in [5.74, 6) is 0.898. The fraction of sp³-hybridized carbons (Fsp3) is 0.474. The summed E-state index contributed by atoms with van der Waals surface area (Å²) >= 11 is 7.56.